The number of nitrogens with zero attached hydrogens (tertiary/aromatic N) is 2. The van der Waals surface area contributed by atoms with Crippen LogP contribution in [0.4, 0.5) is 5.69 Å². The molecule has 0 spiro atoms. The molecule has 0 unspecified atom stereocenters. The topological polar surface area (TPSA) is 56.1 Å². The average Bonchev–Trinajstić information content (AvgIpc) is 2.48. The number of nitriles is 1. The van der Waals surface area contributed by atoms with Crippen LogP contribution in [0.3, 0.4) is 0 Å². The molecule has 1 amide bonds. The lowest BCUT2D eigenvalue weighted by molar-refractivity contribution is -0.129. The Morgan fingerprint density at radius 3 is 2.45 bits per heavy atom. The molecule has 0 heterocycles. The summed E-state index contributed by atoms with van der Waals surface area (Å²) in [5.41, 5.74) is 1.81. The van der Waals surface area contributed by atoms with Crippen LogP contribution in [-0.4, -0.2) is 19.0 Å². The molecular weight excluding hydrogens is 274 g/mol. The summed E-state index contributed by atoms with van der Waals surface area (Å²) >= 11 is 0. The van der Waals surface area contributed by atoms with Crippen LogP contribution in [-0.2, 0) is 11.2 Å². The number of anilines is 1. The summed E-state index contributed by atoms with van der Waals surface area (Å²) in [6.45, 7) is 3.93. The fourth-order valence-corrected chi connectivity index (χ4v) is 2.73. The SMILES string of the molecule is CNC(=O)C(C)(C)CCc1ccc(N(C#N)C2CCC2)cc1. The Bertz CT molecular complexity index is 553. The Labute approximate surface area is 133 Å². The molecule has 1 aromatic rings. The minimum atomic E-state index is -0.363. The molecule has 0 bridgehead atoms. The van der Waals surface area contributed by atoms with Gasteiger partial charge in [-0.15, -0.1) is 0 Å². The number of benzene rings is 1. The molecule has 0 radical (unpaired) electrons. The zero-order chi connectivity index (χ0) is 16.2. The lowest BCUT2D eigenvalue weighted by atomic mass is 9.85. The molecule has 1 N–H and O–H groups in total. The molecule has 4 heteroatoms. The maximum absolute atomic E-state index is 11.8. The molecule has 4 nitrogen and oxygen atoms in total. The van der Waals surface area contributed by atoms with Gasteiger partial charge in [-0.05, 0) is 49.8 Å². The lowest BCUT2D eigenvalue weighted by Gasteiger charge is -2.33. The van der Waals surface area contributed by atoms with E-state index in [-0.39, 0.29) is 11.3 Å². The maximum Gasteiger partial charge on any atom is 0.225 e. The van der Waals surface area contributed by atoms with Crippen molar-refractivity contribution >= 4 is 11.6 Å². The van der Waals surface area contributed by atoms with Gasteiger partial charge in [-0.1, -0.05) is 26.0 Å². The summed E-state index contributed by atoms with van der Waals surface area (Å²) in [5.74, 6) is 0.0739. The van der Waals surface area contributed by atoms with Gasteiger partial charge in [0.15, 0.2) is 6.19 Å². The zero-order valence-corrected chi connectivity index (χ0v) is 13.7. The third-order valence-corrected chi connectivity index (χ3v) is 4.64. The van der Waals surface area contributed by atoms with E-state index in [0.29, 0.717) is 6.04 Å². The Kier molecular flexibility index (Phi) is 5.07. The van der Waals surface area contributed by atoms with Crippen LogP contribution in [0.1, 0.15) is 45.1 Å². The maximum atomic E-state index is 11.8. The Hall–Kier alpha value is -2.02. The Morgan fingerprint density at radius 2 is 2.00 bits per heavy atom. The summed E-state index contributed by atoms with van der Waals surface area (Å²) in [6, 6.07) is 8.55. The van der Waals surface area contributed by atoms with Crippen molar-refractivity contribution < 1.29 is 4.79 Å². The number of carbonyl (C=O) groups excluding carboxylic acids is 1. The van der Waals surface area contributed by atoms with E-state index in [1.807, 2.05) is 30.9 Å². The van der Waals surface area contributed by atoms with Crippen LogP contribution in [0.25, 0.3) is 0 Å². The fraction of sp³-hybridized carbons (Fsp3) is 0.556. The van der Waals surface area contributed by atoms with Crippen molar-refractivity contribution in [3.63, 3.8) is 0 Å². The highest BCUT2D eigenvalue weighted by atomic mass is 16.2. The van der Waals surface area contributed by atoms with Crippen LogP contribution >= 0.6 is 0 Å². The molecule has 1 aliphatic carbocycles. The molecule has 0 saturated heterocycles. The van der Waals surface area contributed by atoms with Crippen molar-refractivity contribution in [3.05, 3.63) is 29.8 Å². The second kappa shape index (κ2) is 6.83. The van der Waals surface area contributed by atoms with Crippen LogP contribution < -0.4 is 10.2 Å². The highest BCUT2D eigenvalue weighted by molar-refractivity contribution is 5.81. The number of carbonyl (C=O) groups is 1. The molecule has 1 aromatic carbocycles. The summed E-state index contributed by atoms with van der Waals surface area (Å²) in [7, 11) is 1.68. The van der Waals surface area contributed by atoms with Crippen molar-refractivity contribution in [2.45, 2.75) is 52.0 Å². The van der Waals surface area contributed by atoms with Gasteiger partial charge in [0, 0.05) is 18.5 Å². The van der Waals surface area contributed by atoms with E-state index in [0.717, 1.165) is 31.4 Å². The van der Waals surface area contributed by atoms with Crippen LogP contribution in [0, 0.1) is 16.9 Å². The minimum Gasteiger partial charge on any atom is -0.359 e. The highest BCUT2D eigenvalue weighted by Gasteiger charge is 2.27. The highest BCUT2D eigenvalue weighted by Crippen LogP contribution is 2.29. The monoisotopic (exact) mass is 299 g/mol. The number of nitrogens with one attached hydrogen (secondary N) is 1. The number of hydrogen-bond acceptors (Lipinski definition) is 3. The van der Waals surface area contributed by atoms with E-state index in [1.165, 1.54) is 12.0 Å². The van der Waals surface area contributed by atoms with Crippen LogP contribution in [0.5, 0.6) is 0 Å². The predicted molar refractivity (Wildman–Crippen MR) is 88.3 cm³/mol. The molecule has 118 valence electrons. The standard InChI is InChI=1S/C18H25N3O/c1-18(2,17(22)20-3)12-11-14-7-9-16(10-8-14)21(13-19)15-5-4-6-15/h7-10,15H,4-6,11-12H2,1-3H3,(H,20,22). The summed E-state index contributed by atoms with van der Waals surface area (Å²) in [6.07, 6.45) is 7.39. The van der Waals surface area contributed by atoms with Crippen LogP contribution in [0.2, 0.25) is 0 Å². The molecule has 22 heavy (non-hydrogen) atoms. The average molecular weight is 299 g/mol. The van der Waals surface area contributed by atoms with Crippen molar-refractivity contribution in [3.8, 4) is 6.19 Å². The van der Waals surface area contributed by atoms with Gasteiger partial charge in [-0.25, -0.2) is 0 Å². The third-order valence-electron chi connectivity index (χ3n) is 4.64. The molecule has 1 saturated carbocycles. The van der Waals surface area contributed by atoms with Crippen molar-refractivity contribution in [2.24, 2.45) is 5.41 Å². The number of rotatable bonds is 6. The molecule has 1 aliphatic rings. The first kappa shape index (κ1) is 16.4. The van der Waals surface area contributed by atoms with E-state index in [2.05, 4.69) is 23.6 Å². The first-order valence-electron chi connectivity index (χ1n) is 7.98. The second-order valence-corrected chi connectivity index (χ2v) is 6.68. The van der Waals surface area contributed by atoms with E-state index < -0.39 is 0 Å². The number of hydrogen-bond donors (Lipinski definition) is 1. The van der Waals surface area contributed by atoms with Crippen molar-refractivity contribution in [1.82, 2.24) is 5.32 Å². The number of amides is 1. The smallest absolute Gasteiger partial charge is 0.225 e. The van der Waals surface area contributed by atoms with Crippen molar-refractivity contribution in [2.75, 3.05) is 11.9 Å². The Balaban J connectivity index is 1.97. The largest absolute Gasteiger partial charge is 0.359 e. The van der Waals surface area contributed by atoms with Gasteiger partial charge in [-0.3, -0.25) is 9.69 Å². The first-order chi connectivity index (χ1) is 10.5. The summed E-state index contributed by atoms with van der Waals surface area (Å²) in [5, 5.41) is 12.0. The van der Waals surface area contributed by atoms with Gasteiger partial charge >= 0.3 is 0 Å². The fourth-order valence-electron chi connectivity index (χ4n) is 2.73. The van der Waals surface area contributed by atoms with E-state index >= 15 is 0 Å². The molecular formula is C18H25N3O. The van der Waals surface area contributed by atoms with E-state index in [9.17, 15) is 10.1 Å². The van der Waals surface area contributed by atoms with Gasteiger partial charge < -0.3 is 5.32 Å². The normalized spacial score (nSPS) is 14.8. The number of aryl methyl sites for hydroxylation is 1. The van der Waals surface area contributed by atoms with Crippen LogP contribution in [0.15, 0.2) is 24.3 Å². The molecule has 1 fully saturated rings. The lowest BCUT2D eigenvalue weighted by Crippen LogP contribution is -2.36. The predicted octanol–water partition coefficient (Wildman–Crippen LogP) is 3.23. The molecule has 0 aromatic heterocycles. The van der Waals surface area contributed by atoms with E-state index in [1.54, 1.807) is 7.05 Å². The molecule has 0 aliphatic heterocycles. The third kappa shape index (κ3) is 3.59. The van der Waals surface area contributed by atoms with Gasteiger partial charge in [0.2, 0.25) is 5.91 Å². The van der Waals surface area contributed by atoms with Gasteiger partial charge in [0.1, 0.15) is 0 Å². The van der Waals surface area contributed by atoms with Gasteiger partial charge in [0.25, 0.3) is 0 Å². The summed E-state index contributed by atoms with van der Waals surface area (Å²) in [4.78, 5) is 13.6. The molecule has 2 rings (SSSR count). The Morgan fingerprint density at radius 1 is 1.36 bits per heavy atom. The quantitative estimate of drug-likeness (QED) is 0.648. The molecule has 0 atom stereocenters. The van der Waals surface area contributed by atoms with E-state index in [4.69, 9.17) is 0 Å². The van der Waals surface area contributed by atoms with Gasteiger partial charge in [0.05, 0.1) is 5.69 Å². The summed E-state index contributed by atoms with van der Waals surface area (Å²) < 4.78 is 0. The first-order valence-corrected chi connectivity index (χ1v) is 7.98. The minimum absolute atomic E-state index is 0.0739. The van der Waals surface area contributed by atoms with Crippen molar-refractivity contribution in [1.29, 1.82) is 5.26 Å². The second-order valence-electron chi connectivity index (χ2n) is 6.68. The zero-order valence-electron chi connectivity index (χ0n) is 13.7. The van der Waals surface area contributed by atoms with Gasteiger partial charge in [-0.2, -0.15) is 5.26 Å².